The van der Waals surface area contributed by atoms with E-state index in [2.05, 4.69) is 6.58 Å². The highest BCUT2D eigenvalue weighted by molar-refractivity contribution is 6.09. The summed E-state index contributed by atoms with van der Waals surface area (Å²) in [6, 6.07) is 7.48. The zero-order valence-electron chi connectivity index (χ0n) is 8.94. The molecule has 3 rings (SSSR count). The van der Waals surface area contributed by atoms with Crippen LogP contribution in [-0.2, 0) is 0 Å². The Morgan fingerprint density at radius 2 is 1.94 bits per heavy atom. The predicted octanol–water partition coefficient (Wildman–Crippen LogP) is 1.64. The number of fused-ring (bicyclic) bond motifs is 1. The molecule has 0 atom stereocenters. The second-order valence-corrected chi connectivity index (χ2v) is 4.52. The van der Waals surface area contributed by atoms with E-state index >= 15 is 0 Å². The zero-order chi connectivity index (χ0) is 11.3. The smallest absolute Gasteiger partial charge is 0.259 e. The lowest BCUT2D eigenvalue weighted by Crippen LogP contribution is -2.39. The first-order valence-corrected chi connectivity index (χ1v) is 5.43. The van der Waals surface area contributed by atoms with Crippen LogP contribution in [0.25, 0.3) is 5.70 Å². The standard InChI is InChI=1S/C13H13NO2/c1-9-10-4-2-3-5-11(10)12(16)14(9)13(8-15)6-7-13/h2-5,15H,1,6-8H2. The molecule has 0 spiro atoms. The summed E-state index contributed by atoms with van der Waals surface area (Å²) in [5, 5.41) is 9.40. The van der Waals surface area contributed by atoms with E-state index in [4.69, 9.17) is 0 Å². The fourth-order valence-electron chi connectivity index (χ4n) is 2.38. The molecule has 0 bridgehead atoms. The molecule has 1 fully saturated rings. The molecule has 1 aliphatic heterocycles. The van der Waals surface area contributed by atoms with Gasteiger partial charge in [-0.25, -0.2) is 0 Å². The van der Waals surface area contributed by atoms with Crippen molar-refractivity contribution in [3.63, 3.8) is 0 Å². The highest BCUT2D eigenvalue weighted by atomic mass is 16.3. The monoisotopic (exact) mass is 215 g/mol. The molecule has 1 amide bonds. The predicted molar refractivity (Wildman–Crippen MR) is 60.7 cm³/mol. The minimum Gasteiger partial charge on any atom is -0.394 e. The van der Waals surface area contributed by atoms with Crippen molar-refractivity contribution in [2.24, 2.45) is 0 Å². The number of aliphatic hydroxyl groups is 1. The van der Waals surface area contributed by atoms with Crippen LogP contribution in [0.15, 0.2) is 30.8 Å². The van der Waals surface area contributed by atoms with Crippen LogP contribution in [0.2, 0.25) is 0 Å². The SMILES string of the molecule is C=C1c2ccccc2C(=O)N1C1(CO)CC1. The van der Waals surface area contributed by atoms with Crippen molar-refractivity contribution in [1.29, 1.82) is 0 Å². The van der Waals surface area contributed by atoms with Gasteiger partial charge in [0.05, 0.1) is 12.1 Å². The fourth-order valence-corrected chi connectivity index (χ4v) is 2.38. The first-order valence-electron chi connectivity index (χ1n) is 5.43. The van der Waals surface area contributed by atoms with Crippen LogP contribution in [-0.4, -0.2) is 28.1 Å². The van der Waals surface area contributed by atoms with E-state index in [1.54, 1.807) is 4.90 Å². The van der Waals surface area contributed by atoms with Crippen LogP contribution >= 0.6 is 0 Å². The fraction of sp³-hybridized carbons (Fsp3) is 0.308. The molecule has 0 aromatic heterocycles. The van der Waals surface area contributed by atoms with Gasteiger partial charge in [0, 0.05) is 16.8 Å². The van der Waals surface area contributed by atoms with Gasteiger partial charge in [-0.2, -0.15) is 0 Å². The van der Waals surface area contributed by atoms with Gasteiger partial charge in [0.25, 0.3) is 5.91 Å². The number of amides is 1. The van der Waals surface area contributed by atoms with Crippen LogP contribution in [0.1, 0.15) is 28.8 Å². The van der Waals surface area contributed by atoms with Gasteiger partial charge in [0.2, 0.25) is 0 Å². The minimum atomic E-state index is -0.368. The molecule has 0 unspecified atom stereocenters. The van der Waals surface area contributed by atoms with Gasteiger partial charge in [-0.15, -0.1) is 0 Å². The summed E-state index contributed by atoms with van der Waals surface area (Å²) >= 11 is 0. The van der Waals surface area contributed by atoms with Crippen molar-refractivity contribution >= 4 is 11.6 Å². The lowest BCUT2D eigenvalue weighted by atomic mass is 10.1. The molecule has 1 aliphatic carbocycles. The Kier molecular flexibility index (Phi) is 1.77. The Bertz CT molecular complexity index is 453. The van der Waals surface area contributed by atoms with Gasteiger partial charge in [-0.05, 0) is 18.9 Å². The van der Waals surface area contributed by atoms with Crippen LogP contribution in [0.4, 0.5) is 0 Å². The average Bonchev–Trinajstić information content (AvgIpc) is 3.05. The zero-order valence-corrected chi connectivity index (χ0v) is 8.94. The number of carbonyl (C=O) groups is 1. The second-order valence-electron chi connectivity index (χ2n) is 4.52. The average molecular weight is 215 g/mol. The largest absolute Gasteiger partial charge is 0.394 e. The summed E-state index contributed by atoms with van der Waals surface area (Å²) in [4.78, 5) is 13.9. The highest BCUT2D eigenvalue weighted by Gasteiger charge is 2.53. The molecule has 1 aromatic carbocycles. The Balaban J connectivity index is 2.08. The molecule has 3 nitrogen and oxygen atoms in total. The maximum absolute atomic E-state index is 12.2. The van der Waals surface area contributed by atoms with Crippen molar-refractivity contribution in [2.45, 2.75) is 18.4 Å². The van der Waals surface area contributed by atoms with Crippen molar-refractivity contribution in [2.75, 3.05) is 6.61 Å². The molecular formula is C13H13NO2. The van der Waals surface area contributed by atoms with E-state index < -0.39 is 0 Å². The van der Waals surface area contributed by atoms with Gasteiger partial charge >= 0.3 is 0 Å². The first kappa shape index (κ1) is 9.60. The Morgan fingerprint density at radius 1 is 1.31 bits per heavy atom. The van der Waals surface area contributed by atoms with Gasteiger partial charge < -0.3 is 5.11 Å². The normalized spacial score (nSPS) is 21.2. The van der Waals surface area contributed by atoms with Crippen LogP contribution in [0, 0.1) is 0 Å². The van der Waals surface area contributed by atoms with Crippen molar-refractivity contribution in [3.05, 3.63) is 42.0 Å². The number of hydrogen-bond donors (Lipinski definition) is 1. The Hall–Kier alpha value is -1.61. The van der Waals surface area contributed by atoms with Gasteiger partial charge in [0.15, 0.2) is 0 Å². The number of hydrogen-bond acceptors (Lipinski definition) is 2. The highest BCUT2D eigenvalue weighted by Crippen LogP contribution is 2.48. The number of aliphatic hydroxyl groups excluding tert-OH is 1. The van der Waals surface area contributed by atoms with E-state index in [1.165, 1.54) is 0 Å². The maximum Gasteiger partial charge on any atom is 0.259 e. The summed E-state index contributed by atoms with van der Waals surface area (Å²) in [5.74, 6) is -0.0212. The molecule has 2 aliphatic rings. The van der Waals surface area contributed by atoms with E-state index in [1.807, 2.05) is 24.3 Å². The summed E-state index contributed by atoms with van der Waals surface area (Å²) in [5.41, 5.74) is 1.96. The van der Waals surface area contributed by atoms with Crippen molar-refractivity contribution < 1.29 is 9.90 Å². The Morgan fingerprint density at radius 3 is 2.44 bits per heavy atom. The molecule has 0 radical (unpaired) electrons. The molecule has 82 valence electrons. The lowest BCUT2D eigenvalue weighted by molar-refractivity contribution is 0.0719. The minimum absolute atomic E-state index is 0.0196. The van der Waals surface area contributed by atoms with E-state index in [9.17, 15) is 9.90 Å². The quantitative estimate of drug-likeness (QED) is 0.814. The molecule has 1 saturated carbocycles. The molecular weight excluding hydrogens is 202 g/mol. The maximum atomic E-state index is 12.2. The third-order valence-corrected chi connectivity index (χ3v) is 3.54. The van der Waals surface area contributed by atoms with E-state index in [-0.39, 0.29) is 18.1 Å². The molecule has 1 heterocycles. The topological polar surface area (TPSA) is 40.5 Å². The summed E-state index contributed by atoms with van der Waals surface area (Å²) in [6.45, 7) is 4.00. The summed E-state index contributed by atoms with van der Waals surface area (Å²) in [6.07, 6.45) is 1.73. The number of nitrogens with zero attached hydrogens (tertiary/aromatic N) is 1. The van der Waals surface area contributed by atoms with E-state index in [0.717, 1.165) is 24.1 Å². The van der Waals surface area contributed by atoms with Gasteiger partial charge in [0.1, 0.15) is 0 Å². The van der Waals surface area contributed by atoms with Gasteiger partial charge in [-0.1, -0.05) is 24.8 Å². The Labute approximate surface area is 94.0 Å². The number of rotatable bonds is 2. The summed E-state index contributed by atoms with van der Waals surface area (Å²) in [7, 11) is 0. The van der Waals surface area contributed by atoms with E-state index in [0.29, 0.717) is 5.56 Å². The van der Waals surface area contributed by atoms with Crippen LogP contribution in [0.3, 0.4) is 0 Å². The van der Waals surface area contributed by atoms with Crippen LogP contribution in [0.5, 0.6) is 0 Å². The van der Waals surface area contributed by atoms with Crippen molar-refractivity contribution in [3.8, 4) is 0 Å². The molecule has 0 saturated heterocycles. The molecule has 3 heteroatoms. The summed E-state index contributed by atoms with van der Waals surface area (Å²) < 4.78 is 0. The lowest BCUT2D eigenvalue weighted by Gasteiger charge is -2.26. The second kappa shape index (κ2) is 2.95. The van der Waals surface area contributed by atoms with Gasteiger partial charge in [-0.3, -0.25) is 9.69 Å². The third-order valence-electron chi connectivity index (χ3n) is 3.54. The third kappa shape index (κ3) is 1.04. The molecule has 16 heavy (non-hydrogen) atoms. The van der Waals surface area contributed by atoms with Crippen molar-refractivity contribution in [1.82, 2.24) is 4.90 Å². The number of carbonyl (C=O) groups excluding carboxylic acids is 1. The number of benzene rings is 1. The molecule has 1 aromatic rings. The first-order chi connectivity index (χ1) is 7.69. The van der Waals surface area contributed by atoms with Crippen LogP contribution < -0.4 is 0 Å². The molecule has 1 N–H and O–H groups in total.